The number of rotatable bonds is 9. The second kappa shape index (κ2) is 11.6. The molecule has 0 aliphatic carbocycles. The molecule has 1 aliphatic heterocycles. The third-order valence-corrected chi connectivity index (χ3v) is 5.62. The molecule has 1 aliphatic rings. The average molecular weight is 419 g/mol. The molecule has 0 radical (unpaired) electrons. The van der Waals surface area contributed by atoms with Gasteiger partial charge >= 0.3 is 5.97 Å². The van der Waals surface area contributed by atoms with Gasteiger partial charge in [0.05, 0.1) is 5.56 Å². The highest BCUT2D eigenvalue weighted by molar-refractivity contribution is 5.91. The fourth-order valence-corrected chi connectivity index (χ4v) is 3.80. The van der Waals surface area contributed by atoms with E-state index in [1.165, 1.54) is 0 Å². The van der Waals surface area contributed by atoms with Crippen molar-refractivity contribution in [3.8, 4) is 5.75 Å². The maximum Gasteiger partial charge on any atom is 0.338 e. The van der Waals surface area contributed by atoms with Gasteiger partial charge in [-0.3, -0.25) is 9.59 Å². The van der Waals surface area contributed by atoms with Crippen LogP contribution in [-0.2, 0) is 14.3 Å². The quantitative estimate of drug-likeness (QED) is 0.622. The Labute approximate surface area is 179 Å². The topological polar surface area (TPSA) is 84.9 Å². The van der Waals surface area contributed by atoms with Crippen LogP contribution in [0.1, 0.15) is 70.2 Å². The predicted molar refractivity (Wildman–Crippen MR) is 114 cm³/mol. The smallest absolute Gasteiger partial charge is 0.338 e. The molecule has 0 bridgehead atoms. The number of piperidine rings is 1. The van der Waals surface area contributed by atoms with Crippen LogP contribution in [0.5, 0.6) is 5.75 Å². The van der Waals surface area contributed by atoms with Gasteiger partial charge in [0.2, 0.25) is 0 Å². The number of carbonyl (C=O) groups excluding carboxylic acids is 3. The molecule has 0 saturated carbocycles. The van der Waals surface area contributed by atoms with E-state index in [2.05, 4.69) is 19.2 Å². The summed E-state index contributed by atoms with van der Waals surface area (Å²) in [5, 5.41) is 2.82. The maximum absolute atomic E-state index is 12.5. The largest absolute Gasteiger partial charge is 0.484 e. The Bertz CT molecular complexity index is 705. The number of hydrogen-bond donors (Lipinski definition) is 1. The number of nitrogens with one attached hydrogen (secondary N) is 1. The SMILES string of the molecule is CCC(CC)NC(=O)COC(=O)c1ccc(OCC(=O)N2C(C)CCCC2C)cc1. The van der Waals surface area contributed by atoms with Gasteiger partial charge in [-0.15, -0.1) is 0 Å². The van der Waals surface area contributed by atoms with Crippen molar-refractivity contribution in [1.82, 2.24) is 10.2 Å². The second-order valence-corrected chi connectivity index (χ2v) is 7.90. The fraction of sp³-hybridized carbons (Fsp3) is 0.609. The Morgan fingerprint density at radius 2 is 1.63 bits per heavy atom. The van der Waals surface area contributed by atoms with Crippen molar-refractivity contribution in [2.24, 2.45) is 0 Å². The van der Waals surface area contributed by atoms with Crippen LogP contribution in [-0.4, -0.2) is 54.0 Å². The van der Waals surface area contributed by atoms with Crippen LogP contribution in [0.4, 0.5) is 0 Å². The van der Waals surface area contributed by atoms with Crippen LogP contribution in [0.3, 0.4) is 0 Å². The summed E-state index contributed by atoms with van der Waals surface area (Å²) in [6.45, 7) is 7.78. The Kier molecular flexibility index (Phi) is 9.15. The monoisotopic (exact) mass is 418 g/mol. The number of amides is 2. The van der Waals surface area contributed by atoms with E-state index in [1.807, 2.05) is 18.7 Å². The van der Waals surface area contributed by atoms with E-state index in [4.69, 9.17) is 9.47 Å². The molecule has 1 saturated heterocycles. The lowest BCUT2D eigenvalue weighted by Crippen LogP contribution is -2.49. The van der Waals surface area contributed by atoms with Crippen LogP contribution in [0, 0.1) is 0 Å². The van der Waals surface area contributed by atoms with Crippen LogP contribution in [0.2, 0.25) is 0 Å². The van der Waals surface area contributed by atoms with Crippen molar-refractivity contribution in [2.75, 3.05) is 13.2 Å². The molecule has 2 rings (SSSR count). The van der Waals surface area contributed by atoms with Gasteiger partial charge in [-0.25, -0.2) is 4.79 Å². The minimum absolute atomic E-state index is 0.0262. The minimum atomic E-state index is -0.576. The summed E-state index contributed by atoms with van der Waals surface area (Å²) >= 11 is 0. The van der Waals surface area contributed by atoms with Crippen molar-refractivity contribution in [1.29, 1.82) is 0 Å². The van der Waals surface area contributed by atoms with Crippen molar-refractivity contribution in [3.63, 3.8) is 0 Å². The van der Waals surface area contributed by atoms with E-state index in [0.29, 0.717) is 11.3 Å². The number of likely N-dealkylation sites (tertiary alicyclic amines) is 1. The van der Waals surface area contributed by atoms with Gasteiger partial charge in [-0.2, -0.15) is 0 Å². The number of esters is 1. The van der Waals surface area contributed by atoms with E-state index in [9.17, 15) is 14.4 Å². The third-order valence-electron chi connectivity index (χ3n) is 5.62. The fourth-order valence-electron chi connectivity index (χ4n) is 3.80. The Balaban J connectivity index is 1.80. The molecule has 2 unspecified atom stereocenters. The number of benzene rings is 1. The maximum atomic E-state index is 12.5. The van der Waals surface area contributed by atoms with Gasteiger partial charge in [-0.1, -0.05) is 13.8 Å². The summed E-state index contributed by atoms with van der Waals surface area (Å²) in [5.74, 6) is -0.407. The minimum Gasteiger partial charge on any atom is -0.484 e. The first kappa shape index (κ1) is 23.7. The molecular formula is C23H34N2O5. The van der Waals surface area contributed by atoms with Crippen LogP contribution in [0.25, 0.3) is 0 Å². The van der Waals surface area contributed by atoms with Gasteiger partial charge in [0.1, 0.15) is 5.75 Å². The zero-order chi connectivity index (χ0) is 22.1. The third kappa shape index (κ3) is 6.75. The molecule has 0 aromatic heterocycles. The molecule has 2 atom stereocenters. The zero-order valence-electron chi connectivity index (χ0n) is 18.5. The highest BCUT2D eigenvalue weighted by Crippen LogP contribution is 2.23. The van der Waals surface area contributed by atoms with Crippen molar-refractivity contribution >= 4 is 17.8 Å². The molecule has 166 valence electrons. The zero-order valence-corrected chi connectivity index (χ0v) is 18.5. The number of hydrogen-bond acceptors (Lipinski definition) is 5. The van der Waals surface area contributed by atoms with Crippen LogP contribution >= 0.6 is 0 Å². The Hall–Kier alpha value is -2.57. The molecule has 1 N–H and O–H groups in total. The number of carbonyl (C=O) groups is 3. The average Bonchev–Trinajstić information content (AvgIpc) is 2.74. The van der Waals surface area contributed by atoms with Gasteiger partial charge < -0.3 is 19.7 Å². The Morgan fingerprint density at radius 3 is 2.20 bits per heavy atom. The molecule has 7 nitrogen and oxygen atoms in total. The van der Waals surface area contributed by atoms with E-state index in [-0.39, 0.29) is 43.2 Å². The summed E-state index contributed by atoms with van der Waals surface area (Å²) in [5.41, 5.74) is 0.322. The molecule has 1 aromatic rings. The molecular weight excluding hydrogens is 384 g/mol. The number of nitrogens with zero attached hydrogens (tertiary/aromatic N) is 1. The van der Waals surface area contributed by atoms with E-state index in [0.717, 1.165) is 32.1 Å². The van der Waals surface area contributed by atoms with Crippen LogP contribution in [0.15, 0.2) is 24.3 Å². The summed E-state index contributed by atoms with van der Waals surface area (Å²) in [4.78, 5) is 38.4. The van der Waals surface area contributed by atoms with Crippen molar-refractivity contribution in [3.05, 3.63) is 29.8 Å². The van der Waals surface area contributed by atoms with Crippen LogP contribution < -0.4 is 10.1 Å². The summed E-state index contributed by atoms with van der Waals surface area (Å²) in [6.07, 6.45) is 4.83. The molecule has 30 heavy (non-hydrogen) atoms. The first-order valence-corrected chi connectivity index (χ1v) is 10.9. The second-order valence-electron chi connectivity index (χ2n) is 7.90. The summed E-state index contributed by atoms with van der Waals surface area (Å²) in [6, 6.07) is 6.91. The van der Waals surface area contributed by atoms with Crippen molar-refractivity contribution < 1.29 is 23.9 Å². The first-order valence-electron chi connectivity index (χ1n) is 10.9. The molecule has 2 amide bonds. The van der Waals surface area contributed by atoms with E-state index in [1.54, 1.807) is 24.3 Å². The first-order chi connectivity index (χ1) is 14.3. The summed E-state index contributed by atoms with van der Waals surface area (Å²) in [7, 11) is 0. The summed E-state index contributed by atoms with van der Waals surface area (Å²) < 4.78 is 10.7. The van der Waals surface area contributed by atoms with E-state index >= 15 is 0 Å². The molecule has 1 aromatic carbocycles. The molecule has 0 spiro atoms. The lowest BCUT2D eigenvalue weighted by Gasteiger charge is -2.38. The van der Waals surface area contributed by atoms with E-state index < -0.39 is 5.97 Å². The predicted octanol–water partition coefficient (Wildman–Crippen LogP) is 3.32. The van der Waals surface area contributed by atoms with Gasteiger partial charge in [0.25, 0.3) is 11.8 Å². The normalized spacial score (nSPS) is 18.8. The van der Waals surface area contributed by atoms with Gasteiger partial charge in [0, 0.05) is 18.1 Å². The van der Waals surface area contributed by atoms with Gasteiger partial charge in [-0.05, 0) is 70.2 Å². The number of ether oxygens (including phenoxy) is 2. The lowest BCUT2D eigenvalue weighted by molar-refractivity contribution is -0.139. The molecule has 1 fully saturated rings. The van der Waals surface area contributed by atoms with Crippen molar-refractivity contribution in [2.45, 2.75) is 77.9 Å². The standard InChI is InChI=1S/C23H34N2O5/c1-5-19(6-2)24-21(26)14-30-23(28)18-10-12-20(13-11-18)29-15-22(27)25-16(3)8-7-9-17(25)4/h10-13,16-17,19H,5-9,14-15H2,1-4H3,(H,24,26). The highest BCUT2D eigenvalue weighted by atomic mass is 16.5. The van der Waals surface area contributed by atoms with Gasteiger partial charge in [0.15, 0.2) is 13.2 Å². The molecule has 7 heteroatoms. The highest BCUT2D eigenvalue weighted by Gasteiger charge is 2.29. The Morgan fingerprint density at radius 1 is 1.03 bits per heavy atom. The lowest BCUT2D eigenvalue weighted by atomic mass is 9.97. The molecule has 1 heterocycles.